The maximum absolute atomic E-state index is 12.7. The summed E-state index contributed by atoms with van der Waals surface area (Å²) < 4.78 is 23.9. The van der Waals surface area contributed by atoms with Crippen LogP contribution in [0.3, 0.4) is 0 Å². The summed E-state index contributed by atoms with van der Waals surface area (Å²) in [7, 11) is 0. The monoisotopic (exact) mass is 390 g/mol. The second-order valence-electron chi connectivity index (χ2n) is 9.36. The number of carbonyl (C=O) groups excluding carboxylic acids is 2. The molecule has 0 radical (unpaired) electrons. The van der Waals surface area contributed by atoms with E-state index in [1.165, 1.54) is 6.92 Å². The topological polar surface area (TPSA) is 74.4 Å². The van der Waals surface area contributed by atoms with Gasteiger partial charge in [-0.2, -0.15) is 0 Å². The van der Waals surface area contributed by atoms with Crippen LogP contribution in [0.4, 0.5) is 0 Å². The summed E-state index contributed by atoms with van der Waals surface area (Å²) >= 11 is 0. The smallest absolute Gasteiger partial charge is 0.334 e. The lowest BCUT2D eigenvalue weighted by molar-refractivity contribution is -0.169. The van der Waals surface area contributed by atoms with E-state index < -0.39 is 17.3 Å². The van der Waals surface area contributed by atoms with Crippen molar-refractivity contribution in [3.63, 3.8) is 0 Å². The first-order chi connectivity index (χ1) is 13.0. The fraction of sp³-hybridized carbons (Fsp3) is 0.727. The van der Waals surface area contributed by atoms with Crippen LogP contribution in [0, 0.1) is 5.92 Å². The molecule has 0 aromatic carbocycles. The Bertz CT molecular complexity index is 756. The van der Waals surface area contributed by atoms with Gasteiger partial charge in [-0.3, -0.25) is 4.79 Å². The van der Waals surface area contributed by atoms with Gasteiger partial charge >= 0.3 is 11.9 Å². The fourth-order valence-corrected chi connectivity index (χ4v) is 4.87. The van der Waals surface area contributed by atoms with Gasteiger partial charge in [0.2, 0.25) is 0 Å². The minimum atomic E-state index is -0.838. The van der Waals surface area contributed by atoms with Gasteiger partial charge in [-0.15, -0.1) is 0 Å². The molecule has 3 fully saturated rings. The van der Waals surface area contributed by atoms with Crippen LogP contribution in [0.15, 0.2) is 24.0 Å². The van der Waals surface area contributed by atoms with Gasteiger partial charge in [-0.05, 0) is 64.9 Å². The Hall–Kier alpha value is -1.82. The van der Waals surface area contributed by atoms with Gasteiger partial charge in [0, 0.05) is 18.9 Å². The molecule has 0 amide bonds. The molecular formula is C22H30O6. The number of epoxide rings is 1. The largest absolute Gasteiger partial charge is 0.484 e. The minimum Gasteiger partial charge on any atom is -0.484 e. The van der Waals surface area contributed by atoms with Crippen molar-refractivity contribution >= 4 is 11.9 Å². The van der Waals surface area contributed by atoms with E-state index in [0.29, 0.717) is 30.6 Å². The molecule has 4 rings (SSSR count). The average molecular weight is 390 g/mol. The lowest BCUT2D eigenvalue weighted by atomic mass is 9.83. The van der Waals surface area contributed by atoms with Crippen LogP contribution < -0.4 is 0 Å². The summed E-state index contributed by atoms with van der Waals surface area (Å²) in [5.74, 6) is 0.0112. The molecule has 0 unspecified atom stereocenters. The molecule has 4 heterocycles. The predicted molar refractivity (Wildman–Crippen MR) is 101 cm³/mol. The van der Waals surface area contributed by atoms with Gasteiger partial charge in [0.15, 0.2) is 5.60 Å². The predicted octanol–water partition coefficient (Wildman–Crippen LogP) is 3.59. The second kappa shape index (κ2) is 6.34. The number of carbonyl (C=O) groups is 2. The Morgan fingerprint density at radius 1 is 1.18 bits per heavy atom. The third-order valence-corrected chi connectivity index (χ3v) is 7.03. The molecule has 6 heteroatoms. The summed E-state index contributed by atoms with van der Waals surface area (Å²) in [5.41, 5.74) is -1.27. The molecule has 0 spiro atoms. The van der Waals surface area contributed by atoms with Crippen molar-refractivity contribution < 1.29 is 28.5 Å². The summed E-state index contributed by atoms with van der Waals surface area (Å²) in [6.07, 6.45) is 5.90. The quantitative estimate of drug-likeness (QED) is 0.387. The van der Waals surface area contributed by atoms with Crippen LogP contribution in [0.2, 0.25) is 0 Å². The summed E-state index contributed by atoms with van der Waals surface area (Å²) in [5, 5.41) is 0. The van der Waals surface area contributed by atoms with Crippen LogP contribution in [0.1, 0.15) is 66.2 Å². The van der Waals surface area contributed by atoms with E-state index in [-0.39, 0.29) is 29.6 Å². The van der Waals surface area contributed by atoms with E-state index in [1.807, 2.05) is 19.9 Å². The zero-order valence-electron chi connectivity index (χ0n) is 17.2. The normalized spacial score (nSPS) is 45.3. The molecule has 28 heavy (non-hydrogen) atoms. The SMILES string of the molecule is C=C1C(=O)O[C@]2(C)CC[C@@H]1C[C@@H]1O[C@@]1(C)CC[C@H](OC(C)=O)[C@]1(C)CC=C2O1. The molecule has 0 saturated carbocycles. The van der Waals surface area contributed by atoms with E-state index in [0.717, 1.165) is 19.3 Å². The minimum absolute atomic E-state index is 0.0413. The number of fused-ring (bicyclic) bond motifs is 7. The summed E-state index contributed by atoms with van der Waals surface area (Å²) in [4.78, 5) is 24.4. The van der Waals surface area contributed by atoms with Gasteiger partial charge in [0.25, 0.3) is 0 Å². The number of esters is 2. The number of rotatable bonds is 1. The molecule has 3 saturated heterocycles. The van der Waals surface area contributed by atoms with Crippen molar-refractivity contribution in [2.24, 2.45) is 5.92 Å². The van der Waals surface area contributed by atoms with Crippen LogP contribution >= 0.6 is 0 Å². The molecule has 0 aliphatic carbocycles. The molecule has 4 aliphatic rings. The van der Waals surface area contributed by atoms with Crippen molar-refractivity contribution in [1.82, 2.24) is 0 Å². The molecule has 0 N–H and O–H groups in total. The van der Waals surface area contributed by atoms with Crippen molar-refractivity contribution in [2.75, 3.05) is 0 Å². The van der Waals surface area contributed by atoms with Gasteiger partial charge in [0.05, 0.1) is 11.7 Å². The van der Waals surface area contributed by atoms with Crippen LogP contribution in [0.25, 0.3) is 0 Å². The number of ether oxygens (including phenoxy) is 4. The molecule has 6 nitrogen and oxygen atoms in total. The number of hydrogen-bond donors (Lipinski definition) is 0. The Kier molecular flexibility index (Phi) is 4.42. The van der Waals surface area contributed by atoms with Crippen LogP contribution in [0.5, 0.6) is 0 Å². The highest BCUT2D eigenvalue weighted by atomic mass is 16.6. The fourth-order valence-electron chi connectivity index (χ4n) is 4.87. The molecule has 6 atom stereocenters. The maximum Gasteiger partial charge on any atom is 0.334 e. The highest BCUT2D eigenvalue weighted by molar-refractivity contribution is 5.89. The summed E-state index contributed by atoms with van der Waals surface area (Å²) in [6.45, 7) is 11.4. The molecule has 154 valence electrons. The Labute approximate surface area is 166 Å². The first-order valence-electron chi connectivity index (χ1n) is 10.2. The molecule has 0 aromatic rings. The lowest BCUT2D eigenvalue weighted by Crippen LogP contribution is -2.44. The van der Waals surface area contributed by atoms with Gasteiger partial charge in [-0.1, -0.05) is 6.58 Å². The zero-order valence-corrected chi connectivity index (χ0v) is 17.2. The highest BCUT2D eigenvalue weighted by Crippen LogP contribution is 2.50. The molecule has 4 bridgehead atoms. The summed E-state index contributed by atoms with van der Waals surface area (Å²) in [6, 6.07) is 0. The van der Waals surface area contributed by atoms with Crippen molar-refractivity contribution in [3.8, 4) is 0 Å². The van der Waals surface area contributed by atoms with Crippen molar-refractivity contribution in [1.29, 1.82) is 0 Å². The van der Waals surface area contributed by atoms with Gasteiger partial charge in [0.1, 0.15) is 17.5 Å². The Morgan fingerprint density at radius 3 is 2.64 bits per heavy atom. The van der Waals surface area contributed by atoms with E-state index in [4.69, 9.17) is 18.9 Å². The van der Waals surface area contributed by atoms with E-state index in [9.17, 15) is 9.59 Å². The molecule has 4 aliphatic heterocycles. The number of hydrogen-bond acceptors (Lipinski definition) is 6. The maximum atomic E-state index is 12.7. The first-order valence-corrected chi connectivity index (χ1v) is 10.2. The second-order valence-corrected chi connectivity index (χ2v) is 9.36. The lowest BCUT2D eigenvalue weighted by Gasteiger charge is -2.37. The van der Waals surface area contributed by atoms with E-state index in [2.05, 4.69) is 13.5 Å². The van der Waals surface area contributed by atoms with Gasteiger partial charge < -0.3 is 18.9 Å². The van der Waals surface area contributed by atoms with Crippen molar-refractivity contribution in [3.05, 3.63) is 24.0 Å². The molecular weight excluding hydrogens is 360 g/mol. The average Bonchev–Trinajstić information content (AvgIpc) is 3.09. The third kappa shape index (κ3) is 3.25. The Morgan fingerprint density at radius 2 is 1.93 bits per heavy atom. The van der Waals surface area contributed by atoms with Crippen molar-refractivity contribution in [2.45, 2.75) is 95.2 Å². The molecule has 0 aromatic heterocycles. The van der Waals surface area contributed by atoms with Crippen LogP contribution in [-0.2, 0) is 28.5 Å². The Balaban J connectivity index is 1.69. The standard InChI is InChI=1S/C22H30O6/c1-13-15-6-9-21(4,28-19(13)24)17-8-11-20(3,26-17)16(25-14(2)23)7-10-22(5)18(12-15)27-22/h8,15-16,18H,1,6-7,9-12H2,2-5H3/t15-,16+,18+,20+,21-,22+/m1/s1. The van der Waals surface area contributed by atoms with Crippen LogP contribution in [-0.4, -0.2) is 40.9 Å². The van der Waals surface area contributed by atoms with Gasteiger partial charge in [-0.25, -0.2) is 4.79 Å². The first kappa shape index (κ1) is 19.5. The highest BCUT2D eigenvalue weighted by Gasteiger charge is 2.56. The van der Waals surface area contributed by atoms with E-state index in [1.54, 1.807) is 0 Å². The van der Waals surface area contributed by atoms with E-state index >= 15 is 0 Å². The zero-order chi connectivity index (χ0) is 20.3. The third-order valence-electron chi connectivity index (χ3n) is 7.03.